The van der Waals surface area contributed by atoms with E-state index in [0.29, 0.717) is 23.5 Å². The molecule has 3 nitrogen and oxygen atoms in total. The number of aliphatic hydroxyl groups is 3. The lowest BCUT2D eigenvalue weighted by atomic mass is 9.46. The van der Waals surface area contributed by atoms with Gasteiger partial charge in [-0.1, -0.05) is 26.8 Å². The highest BCUT2D eigenvalue weighted by Gasteiger charge is 2.62. The third-order valence-electron chi connectivity index (χ3n) is 8.13. The normalized spacial score (nSPS) is 58.1. The van der Waals surface area contributed by atoms with E-state index in [-0.39, 0.29) is 34.9 Å². The minimum Gasteiger partial charge on any atom is -0.508 e. The third-order valence-corrected chi connectivity index (χ3v) is 8.13. The van der Waals surface area contributed by atoms with Crippen molar-refractivity contribution in [3.63, 3.8) is 0 Å². The van der Waals surface area contributed by atoms with Crippen LogP contribution in [-0.2, 0) is 0 Å². The molecule has 0 unspecified atom stereocenters. The van der Waals surface area contributed by atoms with Gasteiger partial charge in [0.2, 0.25) is 0 Å². The fourth-order valence-corrected chi connectivity index (χ4v) is 6.77. The largest absolute Gasteiger partial charge is 0.508 e. The van der Waals surface area contributed by atoms with E-state index in [2.05, 4.69) is 26.8 Å². The molecule has 4 aliphatic carbocycles. The van der Waals surface area contributed by atoms with Crippen LogP contribution in [0.1, 0.15) is 46.5 Å². The molecule has 0 spiro atoms. The molecule has 3 saturated carbocycles. The summed E-state index contributed by atoms with van der Waals surface area (Å²) in [6, 6.07) is 0. The van der Waals surface area contributed by atoms with Gasteiger partial charge in [-0.25, -0.2) is 0 Å². The summed E-state index contributed by atoms with van der Waals surface area (Å²) in [4.78, 5) is 0. The van der Waals surface area contributed by atoms with Crippen LogP contribution in [0, 0.1) is 40.4 Å². The van der Waals surface area contributed by atoms with E-state index in [0.717, 1.165) is 25.7 Å². The van der Waals surface area contributed by atoms with Gasteiger partial charge in [-0.15, -0.1) is 0 Å². The average Bonchev–Trinajstić information content (AvgIpc) is 2.73. The van der Waals surface area contributed by atoms with Gasteiger partial charge in [0.25, 0.3) is 0 Å². The molecule has 0 aromatic carbocycles. The maximum Gasteiger partial charge on any atom is 0.111 e. The summed E-state index contributed by atoms with van der Waals surface area (Å²) >= 11 is 0. The summed E-state index contributed by atoms with van der Waals surface area (Å²) in [5.41, 5.74) is -0.0185. The van der Waals surface area contributed by atoms with Crippen molar-refractivity contribution in [2.45, 2.75) is 58.7 Å². The van der Waals surface area contributed by atoms with Gasteiger partial charge in [0, 0.05) is 0 Å². The summed E-state index contributed by atoms with van der Waals surface area (Å²) in [7, 11) is 0. The van der Waals surface area contributed by atoms with Crippen LogP contribution in [0.25, 0.3) is 0 Å². The molecule has 4 aliphatic rings. The molecule has 3 heteroatoms. The molecule has 128 valence electrons. The van der Waals surface area contributed by atoms with E-state index in [1.165, 1.54) is 0 Å². The maximum absolute atomic E-state index is 11.0. The van der Waals surface area contributed by atoms with Gasteiger partial charge in [-0.3, -0.25) is 0 Å². The molecular formula is C20H30O3. The highest BCUT2D eigenvalue weighted by atomic mass is 16.3. The fraction of sp³-hybridized carbons (Fsp3) is 0.800. The molecule has 0 aliphatic heterocycles. The minimum atomic E-state index is -0.323. The first-order valence-corrected chi connectivity index (χ1v) is 9.23. The van der Waals surface area contributed by atoms with Gasteiger partial charge in [0.05, 0.1) is 12.2 Å². The Bertz CT molecular complexity index is 567. The Morgan fingerprint density at radius 2 is 1.87 bits per heavy atom. The first-order chi connectivity index (χ1) is 10.8. The SMILES string of the molecule is C[C@@H]1C[C@H]2[C@@H]3[C@@H](O)C[C@H]4C=C(O)C=C[C@]4(C)[C@H]3CC[C@]2(C)[C@H]1O. The third kappa shape index (κ3) is 1.96. The van der Waals surface area contributed by atoms with Crippen molar-refractivity contribution < 1.29 is 15.3 Å². The molecule has 3 fully saturated rings. The lowest BCUT2D eigenvalue weighted by Gasteiger charge is -2.59. The molecule has 0 aromatic rings. The number of allylic oxidation sites excluding steroid dienone is 3. The van der Waals surface area contributed by atoms with Crippen molar-refractivity contribution in [3.05, 3.63) is 24.0 Å². The van der Waals surface area contributed by atoms with Crippen molar-refractivity contribution in [2.75, 3.05) is 0 Å². The average molecular weight is 318 g/mol. The van der Waals surface area contributed by atoms with Crippen LogP contribution in [0.5, 0.6) is 0 Å². The summed E-state index contributed by atoms with van der Waals surface area (Å²) in [6.45, 7) is 6.70. The number of hydrogen-bond acceptors (Lipinski definition) is 3. The lowest BCUT2D eigenvalue weighted by Crippen LogP contribution is -2.57. The highest BCUT2D eigenvalue weighted by Crippen LogP contribution is 2.65. The molecule has 23 heavy (non-hydrogen) atoms. The quantitative estimate of drug-likeness (QED) is 0.641. The second-order valence-corrected chi connectivity index (χ2v) is 9.19. The molecule has 9 atom stereocenters. The zero-order valence-electron chi connectivity index (χ0n) is 14.4. The summed E-state index contributed by atoms with van der Waals surface area (Å²) in [5.74, 6) is 2.00. The Kier molecular flexibility index (Phi) is 3.32. The van der Waals surface area contributed by atoms with Crippen LogP contribution >= 0.6 is 0 Å². The summed E-state index contributed by atoms with van der Waals surface area (Å²) in [6.07, 6.45) is 9.27. The van der Waals surface area contributed by atoms with Crippen molar-refractivity contribution >= 4 is 0 Å². The Balaban J connectivity index is 1.73. The van der Waals surface area contributed by atoms with E-state index in [1.807, 2.05) is 12.2 Å². The van der Waals surface area contributed by atoms with E-state index in [4.69, 9.17) is 0 Å². The van der Waals surface area contributed by atoms with Gasteiger partial charge in [-0.2, -0.15) is 0 Å². The number of fused-ring (bicyclic) bond motifs is 5. The molecule has 0 radical (unpaired) electrons. The number of rotatable bonds is 0. The minimum absolute atomic E-state index is 0.0221. The second-order valence-electron chi connectivity index (χ2n) is 9.19. The zero-order chi connectivity index (χ0) is 16.6. The number of hydrogen-bond donors (Lipinski definition) is 3. The molecular weight excluding hydrogens is 288 g/mol. The van der Waals surface area contributed by atoms with Crippen molar-refractivity contribution in [3.8, 4) is 0 Å². The standard InChI is InChI=1S/C20H30O3/c1-11-8-15-17-14(5-7-20(15,3)18(11)23)19(2)6-4-13(21)9-12(19)10-16(17)22/h4,6,9,11-12,14-18,21-23H,5,7-8,10H2,1-3H3/t11-,12-,14+,15+,16+,17-,18+,19+,20+/m1/s1. The fourth-order valence-electron chi connectivity index (χ4n) is 6.77. The highest BCUT2D eigenvalue weighted by molar-refractivity contribution is 5.28. The van der Waals surface area contributed by atoms with E-state index >= 15 is 0 Å². The van der Waals surface area contributed by atoms with Crippen molar-refractivity contribution in [2.24, 2.45) is 40.4 Å². The molecule has 3 N–H and O–H groups in total. The molecule has 0 saturated heterocycles. The Morgan fingerprint density at radius 1 is 1.13 bits per heavy atom. The first kappa shape index (κ1) is 15.7. The van der Waals surface area contributed by atoms with Gasteiger partial charge in [-0.05, 0) is 78.3 Å². The first-order valence-electron chi connectivity index (χ1n) is 9.23. The van der Waals surface area contributed by atoms with Crippen LogP contribution in [-0.4, -0.2) is 27.5 Å². The van der Waals surface area contributed by atoms with E-state index < -0.39 is 0 Å². The van der Waals surface area contributed by atoms with Crippen LogP contribution < -0.4 is 0 Å². The Labute approximate surface area is 139 Å². The summed E-state index contributed by atoms with van der Waals surface area (Å²) < 4.78 is 0. The molecule has 0 amide bonds. The monoisotopic (exact) mass is 318 g/mol. The van der Waals surface area contributed by atoms with Gasteiger partial charge >= 0.3 is 0 Å². The van der Waals surface area contributed by atoms with Crippen LogP contribution in [0.3, 0.4) is 0 Å². The Morgan fingerprint density at radius 3 is 2.61 bits per heavy atom. The maximum atomic E-state index is 11.0. The summed E-state index contributed by atoms with van der Waals surface area (Å²) in [5, 5.41) is 31.5. The predicted molar refractivity (Wildman–Crippen MR) is 89.7 cm³/mol. The van der Waals surface area contributed by atoms with Crippen molar-refractivity contribution in [1.29, 1.82) is 0 Å². The lowest BCUT2D eigenvalue weighted by molar-refractivity contribution is -0.138. The van der Waals surface area contributed by atoms with Gasteiger partial charge in [0.1, 0.15) is 5.76 Å². The van der Waals surface area contributed by atoms with E-state index in [9.17, 15) is 15.3 Å². The second kappa shape index (κ2) is 4.86. The zero-order valence-corrected chi connectivity index (χ0v) is 14.4. The molecule has 0 heterocycles. The van der Waals surface area contributed by atoms with Gasteiger partial charge in [0.15, 0.2) is 0 Å². The van der Waals surface area contributed by atoms with Crippen LogP contribution in [0.2, 0.25) is 0 Å². The van der Waals surface area contributed by atoms with Crippen LogP contribution in [0.4, 0.5) is 0 Å². The predicted octanol–water partition coefficient (Wildman–Crippen LogP) is 3.43. The number of aliphatic hydroxyl groups excluding tert-OH is 3. The van der Waals surface area contributed by atoms with Crippen molar-refractivity contribution in [1.82, 2.24) is 0 Å². The van der Waals surface area contributed by atoms with E-state index in [1.54, 1.807) is 0 Å². The van der Waals surface area contributed by atoms with Gasteiger partial charge < -0.3 is 15.3 Å². The Hall–Kier alpha value is -0.800. The topological polar surface area (TPSA) is 60.7 Å². The molecule has 4 rings (SSSR count). The van der Waals surface area contributed by atoms with Crippen LogP contribution in [0.15, 0.2) is 24.0 Å². The molecule has 0 bridgehead atoms. The molecule has 0 aromatic heterocycles. The smallest absolute Gasteiger partial charge is 0.111 e.